The second-order valence-corrected chi connectivity index (χ2v) is 7.59. The van der Waals surface area contributed by atoms with Crippen molar-refractivity contribution in [1.82, 2.24) is 4.72 Å². The summed E-state index contributed by atoms with van der Waals surface area (Å²) in [6, 6.07) is 16.5. The van der Waals surface area contributed by atoms with Crippen LogP contribution in [0, 0.1) is 18.3 Å². The van der Waals surface area contributed by atoms with Crippen LogP contribution in [0.4, 0.5) is 0 Å². The van der Waals surface area contributed by atoms with Crippen molar-refractivity contribution in [3.05, 3.63) is 64.7 Å². The fourth-order valence-corrected chi connectivity index (χ4v) is 3.69. The molecule has 0 aliphatic heterocycles. The monoisotopic (exact) mass is 346 g/mol. The Morgan fingerprint density at radius 2 is 1.78 bits per heavy atom. The molecule has 2 atom stereocenters. The zero-order valence-electron chi connectivity index (χ0n) is 13.3. The first-order chi connectivity index (χ1) is 10.9. The highest BCUT2D eigenvalue weighted by Crippen LogP contribution is 2.29. The topological polar surface area (TPSA) is 52.9 Å². The first-order valence-corrected chi connectivity index (χ1v) is 8.78. The number of aryl methyl sites for hydroxylation is 1. The summed E-state index contributed by atoms with van der Waals surface area (Å²) in [5.74, 6) is 0. The van der Waals surface area contributed by atoms with Gasteiger partial charge in [-0.25, -0.2) is 8.93 Å². The molecular formula is C18H19ClN2OS. The van der Waals surface area contributed by atoms with Crippen LogP contribution >= 0.6 is 11.6 Å². The van der Waals surface area contributed by atoms with E-state index in [4.69, 9.17) is 11.6 Å². The molecule has 2 unspecified atom stereocenters. The molecule has 0 fully saturated rings. The van der Waals surface area contributed by atoms with Gasteiger partial charge in [-0.15, -0.1) is 0 Å². The van der Waals surface area contributed by atoms with E-state index in [1.807, 2.05) is 57.2 Å². The first kappa shape index (κ1) is 17.7. The summed E-state index contributed by atoms with van der Waals surface area (Å²) in [5.41, 5.74) is 1.37. The maximum atomic E-state index is 12.6. The first-order valence-electron chi connectivity index (χ1n) is 7.25. The lowest BCUT2D eigenvalue weighted by Crippen LogP contribution is -2.44. The van der Waals surface area contributed by atoms with Crippen LogP contribution in [-0.4, -0.2) is 10.3 Å². The lowest BCUT2D eigenvalue weighted by Gasteiger charge is -2.30. The van der Waals surface area contributed by atoms with E-state index in [0.717, 1.165) is 11.1 Å². The van der Waals surface area contributed by atoms with E-state index < -0.39 is 22.4 Å². The van der Waals surface area contributed by atoms with E-state index in [1.165, 1.54) is 0 Å². The summed E-state index contributed by atoms with van der Waals surface area (Å²) in [6.07, 6.45) is 0. The minimum Gasteiger partial charge on any atom is -0.237 e. The highest BCUT2D eigenvalue weighted by Gasteiger charge is 2.33. The molecule has 0 saturated carbocycles. The van der Waals surface area contributed by atoms with Crippen molar-refractivity contribution in [2.45, 2.75) is 37.1 Å². The van der Waals surface area contributed by atoms with Gasteiger partial charge in [-0.3, -0.25) is 0 Å². The normalized spacial score (nSPS) is 14.0. The van der Waals surface area contributed by atoms with Crippen LogP contribution in [0.25, 0.3) is 0 Å². The Balaban J connectivity index is 2.26. The molecule has 1 N–H and O–H groups in total. The smallest absolute Gasteiger partial charge is 0.126 e. The quantitative estimate of drug-likeness (QED) is 0.884. The number of halogens is 1. The Morgan fingerprint density at radius 1 is 1.17 bits per heavy atom. The highest BCUT2D eigenvalue weighted by atomic mass is 35.5. The Morgan fingerprint density at radius 3 is 2.35 bits per heavy atom. The lowest BCUT2D eigenvalue weighted by atomic mass is 9.79. The fourth-order valence-electron chi connectivity index (χ4n) is 2.32. The average molecular weight is 347 g/mol. The summed E-state index contributed by atoms with van der Waals surface area (Å²) in [6.45, 7) is 5.80. The molecule has 0 aromatic heterocycles. The van der Waals surface area contributed by atoms with Crippen molar-refractivity contribution in [3.63, 3.8) is 0 Å². The second-order valence-electron chi connectivity index (χ2n) is 5.94. The number of rotatable bonds is 5. The molecule has 2 rings (SSSR count). The van der Waals surface area contributed by atoms with Gasteiger partial charge < -0.3 is 0 Å². The van der Waals surface area contributed by atoms with Crippen molar-refractivity contribution in [2.75, 3.05) is 0 Å². The van der Waals surface area contributed by atoms with Gasteiger partial charge in [0.05, 0.1) is 11.0 Å². The van der Waals surface area contributed by atoms with E-state index in [0.29, 0.717) is 9.92 Å². The third-order valence-electron chi connectivity index (χ3n) is 3.96. The number of benzene rings is 2. The molecule has 23 heavy (non-hydrogen) atoms. The van der Waals surface area contributed by atoms with Gasteiger partial charge in [0.1, 0.15) is 17.0 Å². The molecule has 0 aliphatic carbocycles. The van der Waals surface area contributed by atoms with Gasteiger partial charge in [-0.1, -0.05) is 55.8 Å². The minimum atomic E-state index is -1.45. The molecule has 0 heterocycles. The van der Waals surface area contributed by atoms with Crippen LogP contribution in [0.2, 0.25) is 5.02 Å². The Hall–Kier alpha value is -1.67. The van der Waals surface area contributed by atoms with Gasteiger partial charge in [-0.05, 0) is 36.2 Å². The Bertz CT molecular complexity index is 750. The Labute approximate surface area is 144 Å². The summed E-state index contributed by atoms with van der Waals surface area (Å²) >= 11 is 5.93. The van der Waals surface area contributed by atoms with Gasteiger partial charge in [0.2, 0.25) is 0 Å². The third kappa shape index (κ3) is 4.00. The third-order valence-corrected chi connectivity index (χ3v) is 5.52. The standard InChI is InChI=1S/C18H19ClN2OS/c1-13-6-4-5-7-16(13)23(22)21-17(12-20)18(2,3)14-8-10-15(19)11-9-14/h4-11,17,21H,1-3H3. The van der Waals surface area contributed by atoms with Crippen LogP contribution in [0.3, 0.4) is 0 Å². The summed E-state index contributed by atoms with van der Waals surface area (Å²) in [4.78, 5) is 0.694. The maximum Gasteiger partial charge on any atom is 0.126 e. The second kappa shape index (κ2) is 7.27. The molecule has 2 aromatic carbocycles. The molecule has 0 radical (unpaired) electrons. The van der Waals surface area contributed by atoms with Crippen molar-refractivity contribution in [2.24, 2.45) is 0 Å². The van der Waals surface area contributed by atoms with E-state index in [-0.39, 0.29) is 0 Å². The van der Waals surface area contributed by atoms with Crippen molar-refractivity contribution < 1.29 is 4.21 Å². The molecule has 5 heteroatoms. The Kier molecular flexibility index (Phi) is 5.59. The molecule has 0 spiro atoms. The lowest BCUT2D eigenvalue weighted by molar-refractivity contribution is 0.449. The summed E-state index contributed by atoms with van der Waals surface area (Å²) in [7, 11) is -1.45. The molecule has 0 bridgehead atoms. The molecule has 3 nitrogen and oxygen atoms in total. The van der Waals surface area contributed by atoms with Gasteiger partial charge in [0.25, 0.3) is 0 Å². The molecule has 2 aromatic rings. The maximum absolute atomic E-state index is 12.6. The molecule has 120 valence electrons. The number of nitrogens with one attached hydrogen (secondary N) is 1. The SMILES string of the molecule is Cc1ccccc1S(=O)NC(C#N)C(C)(C)c1ccc(Cl)cc1. The average Bonchev–Trinajstić information content (AvgIpc) is 2.53. The minimum absolute atomic E-state index is 0.516. The van der Waals surface area contributed by atoms with Crippen molar-refractivity contribution in [1.29, 1.82) is 5.26 Å². The van der Waals surface area contributed by atoms with Gasteiger partial charge in [0.15, 0.2) is 0 Å². The van der Waals surface area contributed by atoms with Gasteiger partial charge >= 0.3 is 0 Å². The van der Waals surface area contributed by atoms with E-state index in [2.05, 4.69) is 10.8 Å². The zero-order chi connectivity index (χ0) is 17.0. The van der Waals surface area contributed by atoms with E-state index in [9.17, 15) is 9.47 Å². The van der Waals surface area contributed by atoms with Crippen LogP contribution in [-0.2, 0) is 16.4 Å². The van der Waals surface area contributed by atoms with Crippen molar-refractivity contribution in [3.8, 4) is 6.07 Å². The van der Waals surface area contributed by atoms with Crippen LogP contribution in [0.5, 0.6) is 0 Å². The summed E-state index contributed by atoms with van der Waals surface area (Å²) < 4.78 is 15.5. The highest BCUT2D eigenvalue weighted by molar-refractivity contribution is 7.83. The molecule has 0 amide bonds. The number of nitriles is 1. The number of hydrogen-bond donors (Lipinski definition) is 1. The predicted molar refractivity (Wildman–Crippen MR) is 94.6 cm³/mol. The van der Waals surface area contributed by atoms with Crippen LogP contribution in [0.15, 0.2) is 53.4 Å². The number of hydrogen-bond acceptors (Lipinski definition) is 2. The van der Waals surface area contributed by atoms with Gasteiger partial charge in [-0.2, -0.15) is 5.26 Å². The fraction of sp³-hybridized carbons (Fsp3) is 0.278. The van der Waals surface area contributed by atoms with Gasteiger partial charge in [0, 0.05) is 10.4 Å². The zero-order valence-corrected chi connectivity index (χ0v) is 14.9. The predicted octanol–water partition coefficient (Wildman–Crippen LogP) is 4.13. The van der Waals surface area contributed by atoms with Crippen LogP contribution in [0.1, 0.15) is 25.0 Å². The van der Waals surface area contributed by atoms with Crippen molar-refractivity contribution >= 4 is 22.6 Å². The molecular weight excluding hydrogens is 328 g/mol. The van der Waals surface area contributed by atoms with E-state index in [1.54, 1.807) is 12.1 Å². The summed E-state index contributed by atoms with van der Waals surface area (Å²) in [5, 5.41) is 10.2. The van der Waals surface area contributed by atoms with E-state index >= 15 is 0 Å². The molecule has 0 saturated heterocycles. The van der Waals surface area contributed by atoms with Crippen LogP contribution < -0.4 is 4.72 Å². The number of nitrogens with zero attached hydrogens (tertiary/aromatic N) is 1. The molecule has 0 aliphatic rings. The largest absolute Gasteiger partial charge is 0.237 e.